The highest BCUT2D eigenvalue weighted by Gasteiger charge is 2.53. The van der Waals surface area contributed by atoms with Gasteiger partial charge < -0.3 is 28.2 Å². The quantitative estimate of drug-likeness (QED) is 0.171. The lowest BCUT2D eigenvalue weighted by molar-refractivity contribution is -0.145. The molecule has 0 aliphatic carbocycles. The molecule has 3 aliphatic rings. The molecule has 1 saturated heterocycles. The van der Waals surface area contributed by atoms with Gasteiger partial charge in [-0.3, -0.25) is 14.6 Å². The first-order valence-corrected chi connectivity index (χ1v) is 19.7. The summed E-state index contributed by atoms with van der Waals surface area (Å²) in [6.45, 7) is 15.3. The summed E-state index contributed by atoms with van der Waals surface area (Å²) < 4.78 is 31.6. The number of aldehydes is 1. The predicted molar refractivity (Wildman–Crippen MR) is 192 cm³/mol. The van der Waals surface area contributed by atoms with E-state index < -0.39 is 26.4 Å². The van der Waals surface area contributed by atoms with E-state index in [9.17, 15) is 9.59 Å². The number of hydrogen-bond donors (Lipinski definition) is 0. The van der Waals surface area contributed by atoms with Crippen LogP contribution in [-0.4, -0.2) is 64.7 Å². The summed E-state index contributed by atoms with van der Waals surface area (Å²) in [6.07, 6.45) is 3.32. The van der Waals surface area contributed by atoms with Crippen LogP contribution in [0.2, 0.25) is 18.1 Å². The maximum atomic E-state index is 14.6. The van der Waals surface area contributed by atoms with Gasteiger partial charge in [-0.2, -0.15) is 0 Å². The zero-order valence-corrected chi connectivity index (χ0v) is 31.5. The van der Waals surface area contributed by atoms with E-state index in [-0.39, 0.29) is 10.9 Å². The molecule has 49 heavy (non-hydrogen) atoms. The van der Waals surface area contributed by atoms with Gasteiger partial charge in [0.1, 0.15) is 24.7 Å². The fraction of sp³-hybridized carbons (Fsp3) is 0.436. The number of carbonyl (C=O) groups is 2. The van der Waals surface area contributed by atoms with E-state index in [0.29, 0.717) is 53.0 Å². The van der Waals surface area contributed by atoms with Gasteiger partial charge in [-0.15, -0.1) is 0 Å². The van der Waals surface area contributed by atoms with Crippen molar-refractivity contribution >= 4 is 26.6 Å². The van der Waals surface area contributed by atoms with Crippen LogP contribution in [0.15, 0.2) is 42.1 Å². The highest BCUT2D eigenvalue weighted by Crippen LogP contribution is 2.58. The molecule has 1 fully saturated rings. The zero-order valence-electron chi connectivity index (χ0n) is 30.5. The smallest absolute Gasteiger partial charge is 0.250 e. The minimum Gasteiger partial charge on any atom is -0.543 e. The van der Waals surface area contributed by atoms with Gasteiger partial charge in [0.2, 0.25) is 5.91 Å². The molecule has 10 heteroatoms. The molecule has 0 aromatic heterocycles. The molecule has 9 nitrogen and oxygen atoms in total. The predicted octanol–water partition coefficient (Wildman–Crippen LogP) is 7.33. The molecule has 0 unspecified atom stereocenters. The van der Waals surface area contributed by atoms with Crippen LogP contribution in [0.1, 0.15) is 71.8 Å². The maximum Gasteiger partial charge on any atom is 0.250 e. The van der Waals surface area contributed by atoms with Crippen molar-refractivity contribution in [2.24, 2.45) is 0 Å². The largest absolute Gasteiger partial charge is 0.543 e. The van der Waals surface area contributed by atoms with E-state index >= 15 is 0 Å². The fourth-order valence-corrected chi connectivity index (χ4v) is 8.42. The van der Waals surface area contributed by atoms with Gasteiger partial charge in [0.05, 0.1) is 33.4 Å². The Morgan fingerprint density at radius 1 is 0.918 bits per heavy atom. The number of likely N-dealkylation sites (N-methyl/N-ethyl adjacent to an activating group) is 1. The van der Waals surface area contributed by atoms with Gasteiger partial charge in [-0.25, -0.2) is 0 Å². The fourth-order valence-electron chi connectivity index (χ4n) is 7.34. The highest BCUT2D eigenvalue weighted by atomic mass is 28.4. The Hall–Kier alpha value is -4.28. The molecule has 3 heterocycles. The lowest BCUT2D eigenvalue weighted by Gasteiger charge is -2.53. The molecule has 3 aromatic carbocycles. The maximum absolute atomic E-state index is 14.6. The molecule has 3 aromatic rings. The molecule has 0 saturated carbocycles. The molecule has 2 bridgehead atoms. The summed E-state index contributed by atoms with van der Waals surface area (Å²) in [6, 6.07) is 10.3. The number of nitrogens with zero attached hydrogens (tertiary/aromatic N) is 2. The minimum absolute atomic E-state index is 0.104. The number of piperazine rings is 1. The third-order valence-electron chi connectivity index (χ3n) is 10.9. The number of rotatable bonds is 9. The number of ether oxygens (including phenoxy) is 4. The van der Waals surface area contributed by atoms with Crippen LogP contribution < -0.4 is 23.4 Å². The summed E-state index contributed by atoms with van der Waals surface area (Å²) >= 11 is 0. The number of fused-ring (bicyclic) bond motifs is 7. The van der Waals surface area contributed by atoms with Gasteiger partial charge in [-0.1, -0.05) is 57.2 Å². The first-order chi connectivity index (χ1) is 23.2. The van der Waals surface area contributed by atoms with Crippen molar-refractivity contribution in [3.05, 3.63) is 81.0 Å². The van der Waals surface area contributed by atoms with Crippen LogP contribution in [0.4, 0.5) is 0 Å². The molecule has 0 spiro atoms. The molecular formula is C39H48N2O7Si. The molecular weight excluding hydrogens is 637 g/mol. The van der Waals surface area contributed by atoms with Gasteiger partial charge in [0.25, 0.3) is 8.32 Å². The van der Waals surface area contributed by atoms with Crippen LogP contribution in [0.3, 0.4) is 0 Å². The van der Waals surface area contributed by atoms with Crippen molar-refractivity contribution in [1.29, 1.82) is 0 Å². The van der Waals surface area contributed by atoms with Crippen molar-refractivity contribution in [3.63, 3.8) is 0 Å². The lowest BCUT2D eigenvalue weighted by atomic mass is 9.78. The van der Waals surface area contributed by atoms with E-state index in [1.54, 1.807) is 26.2 Å². The molecule has 0 N–H and O–H groups in total. The van der Waals surface area contributed by atoms with Crippen LogP contribution in [-0.2, 0) is 22.6 Å². The van der Waals surface area contributed by atoms with Gasteiger partial charge in [-0.05, 0) is 68.2 Å². The average Bonchev–Trinajstić information content (AvgIpc) is 3.06. The Balaban J connectivity index is 1.64. The standard InChI is InChI=1S/C39H48N2O7Si/c1-22-17-25-18-28-38(43)41-27(32(40(28)6)30(25)37(33(22)44-7)47-21-24-15-13-12-14-16-24)19-26-31(29(41)20-42)36(46-9)35(45-8)23(2)34(26)48-49(10,11)39(3,4)5/h12-17,19-20,28-29,32H,18,21H2,1-11H3/t28-,29-,32-/m0/s1. The lowest BCUT2D eigenvalue weighted by Crippen LogP contribution is -2.60. The number of aryl methyl sites for hydroxylation is 1. The number of amides is 1. The van der Waals surface area contributed by atoms with E-state index in [0.717, 1.165) is 39.7 Å². The first-order valence-electron chi connectivity index (χ1n) is 16.8. The number of carbonyl (C=O) groups excluding carboxylic acids is 2. The number of hydrogen-bond acceptors (Lipinski definition) is 8. The summed E-state index contributed by atoms with van der Waals surface area (Å²) in [7, 11) is 4.38. The third kappa shape index (κ3) is 5.40. The van der Waals surface area contributed by atoms with Crippen molar-refractivity contribution in [2.45, 2.75) is 83.9 Å². The second-order valence-electron chi connectivity index (χ2n) is 14.8. The summed E-state index contributed by atoms with van der Waals surface area (Å²) in [5.41, 5.74) is 6.66. The third-order valence-corrected chi connectivity index (χ3v) is 15.2. The normalized spacial score (nSPS) is 20.1. The Kier molecular flexibility index (Phi) is 8.86. The molecule has 260 valence electrons. The first kappa shape index (κ1) is 34.6. The van der Waals surface area contributed by atoms with Crippen molar-refractivity contribution in [2.75, 3.05) is 28.4 Å². The molecule has 3 atom stereocenters. The van der Waals surface area contributed by atoms with Gasteiger partial charge in [0.15, 0.2) is 23.0 Å². The molecule has 6 rings (SSSR count). The summed E-state index contributed by atoms with van der Waals surface area (Å²) in [5, 5.41) is -0.104. The summed E-state index contributed by atoms with van der Waals surface area (Å²) in [4.78, 5) is 31.7. The second-order valence-corrected chi connectivity index (χ2v) is 19.5. The van der Waals surface area contributed by atoms with Gasteiger partial charge in [0, 0.05) is 28.0 Å². The van der Waals surface area contributed by atoms with Crippen LogP contribution >= 0.6 is 0 Å². The van der Waals surface area contributed by atoms with Crippen molar-refractivity contribution in [3.8, 4) is 28.7 Å². The SMILES string of the molecule is COc1c(C)cc2c(c1OCc1ccccc1)[C@@H]1C3=Cc4c(O[Si](C)(C)C(C)(C)C)c(C)c(OC)c(OC)c4[C@H](C=O)N3C(=O)[C@H](C2)N1C. The highest BCUT2D eigenvalue weighted by molar-refractivity contribution is 6.74. The number of benzene rings is 3. The molecule has 3 aliphatic heterocycles. The Morgan fingerprint density at radius 2 is 1.57 bits per heavy atom. The van der Waals surface area contributed by atoms with Crippen LogP contribution in [0.25, 0.3) is 6.08 Å². The minimum atomic E-state index is -2.40. The van der Waals surface area contributed by atoms with Crippen molar-refractivity contribution < 1.29 is 33.0 Å². The van der Waals surface area contributed by atoms with Crippen LogP contribution in [0, 0.1) is 13.8 Å². The van der Waals surface area contributed by atoms with E-state index in [4.69, 9.17) is 23.4 Å². The van der Waals surface area contributed by atoms with E-state index in [1.807, 2.05) is 57.3 Å². The molecule has 0 radical (unpaired) electrons. The number of methoxy groups -OCH3 is 3. The topological polar surface area (TPSA) is 86.8 Å². The Morgan fingerprint density at radius 3 is 2.16 bits per heavy atom. The average molecular weight is 685 g/mol. The zero-order chi connectivity index (χ0) is 35.6. The second kappa shape index (κ2) is 12.6. The van der Waals surface area contributed by atoms with Gasteiger partial charge >= 0.3 is 0 Å². The van der Waals surface area contributed by atoms with E-state index in [2.05, 4.69) is 44.8 Å². The van der Waals surface area contributed by atoms with Crippen LogP contribution in [0.5, 0.6) is 28.7 Å². The Bertz CT molecular complexity index is 1850. The monoisotopic (exact) mass is 684 g/mol. The van der Waals surface area contributed by atoms with Crippen molar-refractivity contribution in [1.82, 2.24) is 9.80 Å². The summed E-state index contributed by atoms with van der Waals surface area (Å²) in [5.74, 6) is 2.70. The Labute approximate surface area is 290 Å². The van der Waals surface area contributed by atoms with E-state index in [1.165, 1.54) is 0 Å². The molecule has 1 amide bonds.